The van der Waals surface area contributed by atoms with Crippen LogP contribution in [0.5, 0.6) is 11.5 Å². The standard InChI is InChI=1S/C22H29N3O5S/c1-18(30-19-8-4-3-5-9-19)22(26)23-12-17-31(27,28)25-15-13-24(14-16-25)20-10-6-7-11-21(20)29-2/h3-11,18H,12-17H2,1-2H3,(H,23,26). The number of carbonyl (C=O) groups excluding carboxylic acids is 1. The number of ether oxygens (including phenoxy) is 2. The topological polar surface area (TPSA) is 88.2 Å². The molecular formula is C22H29N3O5S. The average molecular weight is 448 g/mol. The second-order valence-electron chi connectivity index (χ2n) is 7.24. The zero-order valence-electron chi connectivity index (χ0n) is 17.9. The minimum atomic E-state index is -3.47. The molecule has 1 atom stereocenters. The van der Waals surface area contributed by atoms with Crippen LogP contribution >= 0.6 is 0 Å². The van der Waals surface area contributed by atoms with E-state index in [4.69, 9.17) is 9.47 Å². The third kappa shape index (κ3) is 6.11. The molecule has 9 heteroatoms. The lowest BCUT2D eigenvalue weighted by molar-refractivity contribution is -0.127. The van der Waals surface area contributed by atoms with Crippen LogP contribution in [0.2, 0.25) is 0 Å². The Labute approximate surface area is 183 Å². The molecular weight excluding hydrogens is 418 g/mol. The van der Waals surface area contributed by atoms with E-state index in [0.29, 0.717) is 31.9 Å². The van der Waals surface area contributed by atoms with E-state index in [-0.39, 0.29) is 18.2 Å². The number of piperazine rings is 1. The van der Waals surface area contributed by atoms with E-state index in [2.05, 4.69) is 10.2 Å². The lowest BCUT2D eigenvalue weighted by Crippen LogP contribution is -2.50. The smallest absolute Gasteiger partial charge is 0.260 e. The number of carbonyl (C=O) groups is 1. The van der Waals surface area contributed by atoms with Crippen LogP contribution in [0.1, 0.15) is 6.92 Å². The number of rotatable bonds is 9. The molecule has 0 spiro atoms. The zero-order valence-corrected chi connectivity index (χ0v) is 18.7. The van der Waals surface area contributed by atoms with E-state index in [1.165, 1.54) is 4.31 Å². The molecule has 1 aliphatic rings. The van der Waals surface area contributed by atoms with Crippen molar-refractivity contribution in [2.75, 3.05) is 50.5 Å². The van der Waals surface area contributed by atoms with Crippen LogP contribution in [0, 0.1) is 0 Å². The summed E-state index contributed by atoms with van der Waals surface area (Å²) in [4.78, 5) is 14.3. The molecule has 0 saturated carbocycles. The molecule has 1 amide bonds. The van der Waals surface area contributed by atoms with Gasteiger partial charge < -0.3 is 19.7 Å². The van der Waals surface area contributed by atoms with Gasteiger partial charge in [-0.15, -0.1) is 0 Å². The molecule has 1 N–H and O–H groups in total. The van der Waals surface area contributed by atoms with E-state index in [0.717, 1.165) is 11.4 Å². The van der Waals surface area contributed by atoms with Crippen molar-refractivity contribution in [3.05, 3.63) is 54.6 Å². The molecule has 0 aliphatic carbocycles. The van der Waals surface area contributed by atoms with Crippen LogP contribution in [0.4, 0.5) is 5.69 Å². The number of benzene rings is 2. The minimum absolute atomic E-state index is 0.0381. The number of sulfonamides is 1. The molecule has 31 heavy (non-hydrogen) atoms. The summed E-state index contributed by atoms with van der Waals surface area (Å²) in [6.07, 6.45) is -0.713. The number of para-hydroxylation sites is 3. The number of amides is 1. The van der Waals surface area contributed by atoms with Crippen LogP contribution in [-0.2, 0) is 14.8 Å². The van der Waals surface area contributed by atoms with Crippen molar-refractivity contribution in [3.63, 3.8) is 0 Å². The van der Waals surface area contributed by atoms with Crippen molar-refractivity contribution in [1.82, 2.24) is 9.62 Å². The van der Waals surface area contributed by atoms with Gasteiger partial charge in [-0.05, 0) is 31.2 Å². The van der Waals surface area contributed by atoms with Gasteiger partial charge in [0.25, 0.3) is 5.91 Å². The van der Waals surface area contributed by atoms with Gasteiger partial charge in [-0.1, -0.05) is 30.3 Å². The third-order valence-corrected chi connectivity index (χ3v) is 7.01. The fourth-order valence-electron chi connectivity index (χ4n) is 3.43. The number of methoxy groups -OCH3 is 1. The normalized spacial score (nSPS) is 15.9. The third-order valence-electron chi connectivity index (χ3n) is 5.14. The number of nitrogens with zero attached hydrogens (tertiary/aromatic N) is 2. The molecule has 168 valence electrons. The summed E-state index contributed by atoms with van der Waals surface area (Å²) in [6, 6.07) is 16.7. The van der Waals surface area contributed by atoms with Gasteiger partial charge in [-0.25, -0.2) is 8.42 Å². The Bertz CT molecular complexity index is 960. The minimum Gasteiger partial charge on any atom is -0.495 e. The first-order valence-corrected chi connectivity index (χ1v) is 11.9. The van der Waals surface area contributed by atoms with Crippen LogP contribution < -0.4 is 19.7 Å². The Morgan fingerprint density at radius 3 is 2.35 bits per heavy atom. The van der Waals surface area contributed by atoms with Crippen LogP contribution in [0.25, 0.3) is 0 Å². The number of anilines is 1. The quantitative estimate of drug-likeness (QED) is 0.630. The fourth-order valence-corrected chi connectivity index (χ4v) is 4.77. The highest BCUT2D eigenvalue weighted by atomic mass is 32.2. The van der Waals surface area contributed by atoms with Crippen LogP contribution in [0.3, 0.4) is 0 Å². The Morgan fingerprint density at radius 2 is 1.68 bits per heavy atom. The van der Waals surface area contributed by atoms with Crippen molar-refractivity contribution in [2.24, 2.45) is 0 Å². The molecule has 1 heterocycles. The van der Waals surface area contributed by atoms with E-state index < -0.39 is 16.1 Å². The molecule has 0 bridgehead atoms. The second-order valence-corrected chi connectivity index (χ2v) is 9.33. The van der Waals surface area contributed by atoms with Crippen molar-refractivity contribution in [3.8, 4) is 11.5 Å². The van der Waals surface area contributed by atoms with E-state index in [1.54, 1.807) is 26.2 Å². The summed E-state index contributed by atoms with van der Waals surface area (Å²) < 4.78 is 37.8. The first-order valence-electron chi connectivity index (χ1n) is 10.3. The predicted octanol–water partition coefficient (Wildman–Crippen LogP) is 1.73. The van der Waals surface area contributed by atoms with E-state index in [1.807, 2.05) is 42.5 Å². The SMILES string of the molecule is COc1ccccc1N1CCN(S(=O)(=O)CCNC(=O)C(C)Oc2ccccc2)CC1. The van der Waals surface area contributed by atoms with Crippen LogP contribution in [-0.4, -0.2) is 70.3 Å². The molecule has 3 rings (SSSR count). The molecule has 1 unspecified atom stereocenters. The first-order chi connectivity index (χ1) is 14.9. The fraction of sp³-hybridized carbons (Fsp3) is 0.409. The highest BCUT2D eigenvalue weighted by Gasteiger charge is 2.28. The van der Waals surface area contributed by atoms with Gasteiger partial charge in [0.15, 0.2) is 6.10 Å². The van der Waals surface area contributed by atoms with Gasteiger partial charge in [0, 0.05) is 32.7 Å². The van der Waals surface area contributed by atoms with Gasteiger partial charge >= 0.3 is 0 Å². The van der Waals surface area contributed by atoms with Crippen molar-refractivity contribution >= 4 is 21.6 Å². The average Bonchev–Trinajstić information content (AvgIpc) is 2.79. The number of hydrogen-bond donors (Lipinski definition) is 1. The summed E-state index contributed by atoms with van der Waals surface area (Å²) in [7, 11) is -1.84. The molecule has 1 fully saturated rings. The highest BCUT2D eigenvalue weighted by Crippen LogP contribution is 2.28. The summed E-state index contributed by atoms with van der Waals surface area (Å²) in [5, 5.41) is 2.65. The summed E-state index contributed by atoms with van der Waals surface area (Å²) in [5.41, 5.74) is 0.960. The largest absolute Gasteiger partial charge is 0.495 e. The molecule has 0 radical (unpaired) electrons. The van der Waals surface area contributed by atoms with Gasteiger partial charge in [0.1, 0.15) is 11.5 Å². The van der Waals surface area contributed by atoms with E-state index in [9.17, 15) is 13.2 Å². The first kappa shape index (κ1) is 22.9. The van der Waals surface area contributed by atoms with Gasteiger partial charge in [0.05, 0.1) is 18.6 Å². The maximum atomic E-state index is 12.7. The predicted molar refractivity (Wildman–Crippen MR) is 120 cm³/mol. The second kappa shape index (κ2) is 10.5. The monoisotopic (exact) mass is 447 g/mol. The van der Waals surface area contributed by atoms with Gasteiger partial charge in [-0.3, -0.25) is 4.79 Å². The number of hydrogen-bond acceptors (Lipinski definition) is 6. The molecule has 2 aromatic carbocycles. The highest BCUT2D eigenvalue weighted by molar-refractivity contribution is 7.89. The Kier molecular flexibility index (Phi) is 7.75. The zero-order chi connectivity index (χ0) is 22.3. The maximum absolute atomic E-state index is 12.7. The molecule has 1 saturated heterocycles. The van der Waals surface area contributed by atoms with Crippen molar-refractivity contribution in [1.29, 1.82) is 0 Å². The Morgan fingerprint density at radius 1 is 1.03 bits per heavy atom. The summed E-state index contributed by atoms with van der Waals surface area (Å²) >= 11 is 0. The van der Waals surface area contributed by atoms with Crippen LogP contribution in [0.15, 0.2) is 54.6 Å². The van der Waals surface area contributed by atoms with Gasteiger partial charge in [-0.2, -0.15) is 4.31 Å². The Balaban J connectivity index is 1.45. The molecule has 2 aromatic rings. The lowest BCUT2D eigenvalue weighted by Gasteiger charge is -2.36. The Hall–Kier alpha value is -2.78. The summed E-state index contributed by atoms with van der Waals surface area (Å²) in [6.45, 7) is 3.61. The lowest BCUT2D eigenvalue weighted by atomic mass is 10.2. The molecule has 8 nitrogen and oxygen atoms in total. The molecule has 0 aromatic heterocycles. The molecule has 1 aliphatic heterocycles. The van der Waals surface area contributed by atoms with E-state index >= 15 is 0 Å². The maximum Gasteiger partial charge on any atom is 0.260 e. The van der Waals surface area contributed by atoms with Crippen molar-refractivity contribution < 1.29 is 22.7 Å². The van der Waals surface area contributed by atoms with Crippen molar-refractivity contribution in [2.45, 2.75) is 13.0 Å². The summed E-state index contributed by atoms with van der Waals surface area (Å²) in [5.74, 6) is 0.866. The number of nitrogens with one attached hydrogen (secondary N) is 1. The van der Waals surface area contributed by atoms with Gasteiger partial charge in [0.2, 0.25) is 10.0 Å².